The van der Waals surface area contributed by atoms with Crippen molar-refractivity contribution >= 4 is 11.9 Å². The second-order valence-electron chi connectivity index (χ2n) is 5.76. The van der Waals surface area contributed by atoms with E-state index < -0.39 is 11.5 Å². The molecule has 4 nitrogen and oxygen atoms in total. The summed E-state index contributed by atoms with van der Waals surface area (Å²) in [5, 5.41) is 11.8. The maximum absolute atomic E-state index is 12.0. The van der Waals surface area contributed by atoms with Crippen LogP contribution >= 0.6 is 0 Å². The fraction of sp³-hybridized carbons (Fsp3) is 0.846. The number of nitrogens with one attached hydrogen (secondary N) is 1. The fourth-order valence-electron chi connectivity index (χ4n) is 1.91. The van der Waals surface area contributed by atoms with Gasteiger partial charge in [0.1, 0.15) is 0 Å². The molecule has 1 rings (SSSR count). The molecular formula is C13H23NO3. The van der Waals surface area contributed by atoms with Gasteiger partial charge in [0.05, 0.1) is 6.42 Å². The first-order valence-corrected chi connectivity index (χ1v) is 6.30. The van der Waals surface area contributed by atoms with E-state index in [9.17, 15) is 9.59 Å². The summed E-state index contributed by atoms with van der Waals surface area (Å²) in [6, 6.07) is 0. The largest absolute Gasteiger partial charge is 0.481 e. The molecule has 0 spiro atoms. The fourth-order valence-corrected chi connectivity index (χ4v) is 1.91. The number of aliphatic carboxylic acids is 1. The number of carbonyl (C=O) groups excluding carboxylic acids is 1. The Hall–Kier alpha value is -1.06. The van der Waals surface area contributed by atoms with E-state index >= 15 is 0 Å². The van der Waals surface area contributed by atoms with Crippen molar-refractivity contribution < 1.29 is 14.7 Å². The normalized spacial score (nSPS) is 20.8. The van der Waals surface area contributed by atoms with E-state index in [1.165, 1.54) is 0 Å². The third-order valence-corrected chi connectivity index (χ3v) is 3.94. The highest BCUT2D eigenvalue weighted by Gasteiger charge is 2.38. The molecule has 17 heavy (non-hydrogen) atoms. The second kappa shape index (κ2) is 5.07. The van der Waals surface area contributed by atoms with E-state index in [0.717, 1.165) is 12.8 Å². The molecule has 1 fully saturated rings. The molecule has 1 aliphatic rings. The molecule has 0 aromatic carbocycles. The summed E-state index contributed by atoms with van der Waals surface area (Å²) in [6.07, 6.45) is 2.20. The Morgan fingerprint density at radius 3 is 2.24 bits per heavy atom. The summed E-state index contributed by atoms with van der Waals surface area (Å²) in [5.41, 5.74) is -0.661. The van der Waals surface area contributed by atoms with Gasteiger partial charge in [0.25, 0.3) is 0 Å². The van der Waals surface area contributed by atoms with Gasteiger partial charge < -0.3 is 10.4 Å². The lowest BCUT2D eigenvalue weighted by Crippen LogP contribution is -2.53. The third kappa shape index (κ3) is 3.72. The van der Waals surface area contributed by atoms with Crippen LogP contribution in [0.15, 0.2) is 0 Å². The Bertz CT molecular complexity index is 310. The molecule has 0 bridgehead atoms. The number of carbonyl (C=O) groups is 2. The molecule has 2 N–H and O–H groups in total. The minimum Gasteiger partial charge on any atom is -0.481 e. The van der Waals surface area contributed by atoms with Gasteiger partial charge in [-0.25, -0.2) is 0 Å². The number of hydrogen-bond acceptors (Lipinski definition) is 2. The topological polar surface area (TPSA) is 66.4 Å². The molecule has 0 aliphatic heterocycles. The third-order valence-electron chi connectivity index (χ3n) is 3.94. The number of carboxylic acid groups (broad SMARTS) is 1. The number of rotatable bonds is 6. The van der Waals surface area contributed by atoms with Crippen LogP contribution in [0.3, 0.4) is 0 Å². The van der Waals surface area contributed by atoms with Crippen molar-refractivity contribution in [1.82, 2.24) is 5.32 Å². The molecule has 0 heterocycles. The molecule has 2 atom stereocenters. The number of carboxylic acids is 1. The number of hydrogen-bond donors (Lipinski definition) is 2. The lowest BCUT2D eigenvalue weighted by Gasteiger charge is -2.34. The summed E-state index contributed by atoms with van der Waals surface area (Å²) >= 11 is 0. The highest BCUT2D eigenvalue weighted by Crippen LogP contribution is 2.37. The Balaban J connectivity index is 2.65. The maximum Gasteiger partial charge on any atom is 0.305 e. The monoisotopic (exact) mass is 241 g/mol. The SMILES string of the molecule is CC(C(=O)NC(C)(CC(=O)O)C(C)C)C1CC1. The predicted molar refractivity (Wildman–Crippen MR) is 65.5 cm³/mol. The van der Waals surface area contributed by atoms with Gasteiger partial charge in [-0.05, 0) is 31.6 Å². The van der Waals surface area contributed by atoms with Crippen LogP contribution in [-0.4, -0.2) is 22.5 Å². The van der Waals surface area contributed by atoms with E-state index in [0.29, 0.717) is 5.92 Å². The minimum absolute atomic E-state index is 0.00173. The van der Waals surface area contributed by atoms with Crippen LogP contribution in [0.1, 0.15) is 47.0 Å². The Labute approximate surface area is 103 Å². The lowest BCUT2D eigenvalue weighted by atomic mass is 9.84. The van der Waals surface area contributed by atoms with Gasteiger partial charge in [-0.2, -0.15) is 0 Å². The predicted octanol–water partition coefficient (Wildman–Crippen LogP) is 2.04. The molecular weight excluding hydrogens is 218 g/mol. The van der Waals surface area contributed by atoms with Gasteiger partial charge in [-0.15, -0.1) is 0 Å². The lowest BCUT2D eigenvalue weighted by molar-refractivity contribution is -0.139. The smallest absolute Gasteiger partial charge is 0.305 e. The summed E-state index contributed by atoms with van der Waals surface area (Å²) in [7, 11) is 0. The van der Waals surface area contributed by atoms with Crippen LogP contribution in [-0.2, 0) is 9.59 Å². The van der Waals surface area contributed by atoms with Crippen molar-refractivity contribution in [2.45, 2.75) is 52.5 Å². The van der Waals surface area contributed by atoms with Crippen molar-refractivity contribution in [3.63, 3.8) is 0 Å². The van der Waals surface area contributed by atoms with E-state index in [1.54, 1.807) is 0 Å². The average molecular weight is 241 g/mol. The quantitative estimate of drug-likeness (QED) is 0.747. The van der Waals surface area contributed by atoms with Crippen LogP contribution in [0.2, 0.25) is 0 Å². The first-order valence-electron chi connectivity index (χ1n) is 6.30. The van der Waals surface area contributed by atoms with Crippen LogP contribution in [0.4, 0.5) is 0 Å². The molecule has 0 aromatic heterocycles. The molecule has 2 unspecified atom stereocenters. The summed E-state index contributed by atoms with van der Waals surface area (Å²) in [6.45, 7) is 7.61. The summed E-state index contributed by atoms with van der Waals surface area (Å²) < 4.78 is 0. The van der Waals surface area contributed by atoms with Crippen molar-refractivity contribution in [3.8, 4) is 0 Å². The standard InChI is InChI=1S/C13H23NO3/c1-8(2)13(4,7-11(15)16)14-12(17)9(3)10-5-6-10/h8-10H,5-7H2,1-4H3,(H,14,17)(H,15,16). The zero-order chi connectivity index (χ0) is 13.2. The molecule has 1 saturated carbocycles. The maximum atomic E-state index is 12.0. The first-order chi connectivity index (χ1) is 7.76. The molecule has 1 amide bonds. The van der Waals surface area contributed by atoms with Gasteiger partial charge in [0.15, 0.2) is 0 Å². The van der Waals surface area contributed by atoms with E-state index in [2.05, 4.69) is 5.32 Å². The highest BCUT2D eigenvalue weighted by atomic mass is 16.4. The zero-order valence-corrected chi connectivity index (χ0v) is 11.1. The molecule has 0 radical (unpaired) electrons. The minimum atomic E-state index is -0.874. The van der Waals surface area contributed by atoms with Crippen molar-refractivity contribution in [2.75, 3.05) is 0 Å². The van der Waals surface area contributed by atoms with Gasteiger partial charge in [0.2, 0.25) is 5.91 Å². The Morgan fingerprint density at radius 2 is 1.88 bits per heavy atom. The Morgan fingerprint density at radius 1 is 1.35 bits per heavy atom. The second-order valence-corrected chi connectivity index (χ2v) is 5.76. The van der Waals surface area contributed by atoms with Gasteiger partial charge >= 0.3 is 5.97 Å². The van der Waals surface area contributed by atoms with Crippen molar-refractivity contribution in [2.24, 2.45) is 17.8 Å². The van der Waals surface area contributed by atoms with Crippen LogP contribution in [0, 0.1) is 17.8 Å². The molecule has 4 heteroatoms. The van der Waals surface area contributed by atoms with Gasteiger partial charge in [-0.1, -0.05) is 20.8 Å². The van der Waals surface area contributed by atoms with Crippen LogP contribution in [0.5, 0.6) is 0 Å². The summed E-state index contributed by atoms with van der Waals surface area (Å²) in [5.74, 6) is -0.294. The Kier molecular flexibility index (Phi) is 4.17. The van der Waals surface area contributed by atoms with Crippen molar-refractivity contribution in [3.05, 3.63) is 0 Å². The van der Waals surface area contributed by atoms with E-state index in [4.69, 9.17) is 5.11 Å². The summed E-state index contributed by atoms with van der Waals surface area (Å²) in [4.78, 5) is 22.9. The molecule has 1 aliphatic carbocycles. The van der Waals surface area contributed by atoms with Crippen molar-refractivity contribution in [1.29, 1.82) is 0 Å². The molecule has 98 valence electrons. The number of amides is 1. The van der Waals surface area contributed by atoms with Gasteiger partial charge in [-0.3, -0.25) is 9.59 Å². The van der Waals surface area contributed by atoms with Crippen LogP contribution < -0.4 is 5.32 Å². The van der Waals surface area contributed by atoms with Gasteiger partial charge in [0, 0.05) is 11.5 Å². The highest BCUT2D eigenvalue weighted by molar-refractivity contribution is 5.80. The van der Waals surface area contributed by atoms with E-state index in [1.807, 2.05) is 27.7 Å². The molecule has 0 aromatic rings. The first kappa shape index (κ1) is 14.0. The average Bonchev–Trinajstić information content (AvgIpc) is 2.97. The van der Waals surface area contributed by atoms with E-state index in [-0.39, 0.29) is 24.2 Å². The molecule has 0 saturated heterocycles. The zero-order valence-electron chi connectivity index (χ0n) is 11.1. The van der Waals surface area contributed by atoms with Crippen LogP contribution in [0.25, 0.3) is 0 Å².